The average molecular weight is 333 g/mol. The van der Waals surface area contributed by atoms with Crippen LogP contribution in [0.25, 0.3) is 0 Å². The molecule has 6 heteroatoms. The van der Waals surface area contributed by atoms with Crippen LogP contribution >= 0.6 is 0 Å². The van der Waals surface area contributed by atoms with E-state index in [4.69, 9.17) is 9.47 Å². The molecule has 1 aromatic rings. The van der Waals surface area contributed by atoms with Crippen molar-refractivity contribution in [2.24, 2.45) is 11.8 Å². The molecule has 0 aliphatic heterocycles. The van der Waals surface area contributed by atoms with Crippen LogP contribution in [0.5, 0.6) is 11.5 Å². The minimum absolute atomic E-state index is 0.301. The zero-order chi connectivity index (χ0) is 17.9. The van der Waals surface area contributed by atoms with E-state index in [-0.39, 0.29) is 5.91 Å². The van der Waals surface area contributed by atoms with Gasteiger partial charge in [0.15, 0.2) is 0 Å². The van der Waals surface area contributed by atoms with Gasteiger partial charge in [-0.2, -0.15) is 0 Å². The predicted molar refractivity (Wildman–Crippen MR) is 90.4 cm³/mol. The zero-order valence-corrected chi connectivity index (χ0v) is 14.4. The predicted octanol–water partition coefficient (Wildman–Crippen LogP) is 3.09. The van der Waals surface area contributed by atoms with Crippen LogP contribution in [0.4, 0.5) is 5.69 Å². The van der Waals surface area contributed by atoms with Crippen molar-refractivity contribution in [3.05, 3.63) is 29.3 Å². The summed E-state index contributed by atoms with van der Waals surface area (Å²) in [5.74, 6) is -1.44. The number of carbonyl (C=O) groups is 2. The number of hydrogen-bond acceptors (Lipinski definition) is 4. The number of carboxylic acid groups (broad SMARTS) is 1. The molecule has 0 saturated carbocycles. The molecule has 1 aliphatic rings. The van der Waals surface area contributed by atoms with Crippen molar-refractivity contribution in [2.45, 2.75) is 26.7 Å². The highest BCUT2D eigenvalue weighted by Gasteiger charge is 2.37. The highest BCUT2D eigenvalue weighted by Crippen LogP contribution is 2.35. The molecule has 6 nitrogen and oxygen atoms in total. The molecule has 0 saturated heterocycles. The van der Waals surface area contributed by atoms with E-state index in [0.717, 1.165) is 11.1 Å². The third-order valence-electron chi connectivity index (χ3n) is 4.54. The van der Waals surface area contributed by atoms with Gasteiger partial charge in [0.05, 0.1) is 26.1 Å². The van der Waals surface area contributed by atoms with Gasteiger partial charge >= 0.3 is 5.97 Å². The minimum Gasteiger partial charge on any atom is -0.497 e. The molecule has 1 aliphatic carbocycles. The third kappa shape index (κ3) is 3.88. The number of ether oxygens (including phenoxy) is 2. The smallest absolute Gasteiger partial charge is 0.307 e. The van der Waals surface area contributed by atoms with Crippen LogP contribution in [0, 0.1) is 11.8 Å². The van der Waals surface area contributed by atoms with Gasteiger partial charge in [-0.3, -0.25) is 9.59 Å². The lowest BCUT2D eigenvalue weighted by atomic mass is 9.76. The van der Waals surface area contributed by atoms with Crippen molar-refractivity contribution in [1.29, 1.82) is 0 Å². The molecular weight excluding hydrogens is 310 g/mol. The molecule has 0 radical (unpaired) electrons. The van der Waals surface area contributed by atoms with E-state index in [1.54, 1.807) is 18.2 Å². The molecule has 2 rings (SSSR count). The van der Waals surface area contributed by atoms with Crippen molar-refractivity contribution < 1.29 is 24.2 Å². The fourth-order valence-electron chi connectivity index (χ4n) is 2.94. The lowest BCUT2D eigenvalue weighted by molar-refractivity contribution is -0.146. The second-order valence-electron chi connectivity index (χ2n) is 6.11. The number of carbonyl (C=O) groups excluding carboxylic acids is 1. The van der Waals surface area contributed by atoms with Gasteiger partial charge in [0.1, 0.15) is 11.5 Å². The van der Waals surface area contributed by atoms with E-state index in [9.17, 15) is 14.7 Å². The van der Waals surface area contributed by atoms with E-state index in [1.807, 2.05) is 13.8 Å². The zero-order valence-electron chi connectivity index (χ0n) is 14.4. The number of carboxylic acids is 1. The maximum atomic E-state index is 12.7. The molecule has 2 atom stereocenters. The topological polar surface area (TPSA) is 84.9 Å². The summed E-state index contributed by atoms with van der Waals surface area (Å²) in [6.07, 6.45) is 0.858. The van der Waals surface area contributed by atoms with Gasteiger partial charge in [-0.1, -0.05) is 11.1 Å². The normalized spacial score (nSPS) is 20.5. The highest BCUT2D eigenvalue weighted by molar-refractivity contribution is 5.96. The number of amides is 1. The van der Waals surface area contributed by atoms with Crippen molar-refractivity contribution >= 4 is 17.6 Å². The van der Waals surface area contributed by atoms with Gasteiger partial charge in [0.25, 0.3) is 0 Å². The number of hydrogen-bond donors (Lipinski definition) is 2. The molecule has 0 fully saturated rings. The summed E-state index contributed by atoms with van der Waals surface area (Å²) in [5.41, 5.74) is 2.65. The molecule has 1 amide bonds. The maximum absolute atomic E-state index is 12.7. The molecular formula is C18H23NO5. The fourth-order valence-corrected chi connectivity index (χ4v) is 2.94. The largest absolute Gasteiger partial charge is 0.497 e. The first-order chi connectivity index (χ1) is 11.3. The third-order valence-corrected chi connectivity index (χ3v) is 4.54. The van der Waals surface area contributed by atoms with Crippen LogP contribution < -0.4 is 14.8 Å². The Balaban J connectivity index is 2.23. The first-order valence-electron chi connectivity index (χ1n) is 7.77. The second kappa shape index (κ2) is 7.38. The number of allylic oxidation sites excluding steroid dienone is 2. The van der Waals surface area contributed by atoms with Crippen LogP contribution in [-0.4, -0.2) is 31.2 Å². The Bertz CT molecular complexity index is 658. The Labute approximate surface area is 141 Å². The summed E-state index contributed by atoms with van der Waals surface area (Å²) in [7, 11) is 3.05. The molecule has 1 aromatic carbocycles. The van der Waals surface area contributed by atoms with Crippen molar-refractivity contribution in [3.8, 4) is 11.5 Å². The van der Waals surface area contributed by atoms with E-state index in [1.165, 1.54) is 14.2 Å². The summed E-state index contributed by atoms with van der Waals surface area (Å²) in [6.45, 7) is 3.87. The summed E-state index contributed by atoms with van der Waals surface area (Å²) in [5, 5.41) is 12.2. The van der Waals surface area contributed by atoms with Crippen LogP contribution in [0.15, 0.2) is 29.3 Å². The number of aliphatic carboxylic acids is 1. The summed E-state index contributed by atoms with van der Waals surface area (Å²) < 4.78 is 10.4. The average Bonchev–Trinajstić information content (AvgIpc) is 2.56. The summed E-state index contributed by atoms with van der Waals surface area (Å²) in [4.78, 5) is 24.2. The molecule has 0 heterocycles. The van der Waals surface area contributed by atoms with Crippen molar-refractivity contribution in [3.63, 3.8) is 0 Å². The Morgan fingerprint density at radius 2 is 1.50 bits per heavy atom. The maximum Gasteiger partial charge on any atom is 0.307 e. The number of nitrogens with one attached hydrogen (secondary N) is 1. The van der Waals surface area contributed by atoms with Gasteiger partial charge < -0.3 is 19.9 Å². The molecule has 24 heavy (non-hydrogen) atoms. The molecule has 0 aromatic heterocycles. The van der Waals surface area contributed by atoms with E-state index >= 15 is 0 Å². The Morgan fingerprint density at radius 3 is 1.96 bits per heavy atom. The van der Waals surface area contributed by atoms with E-state index in [0.29, 0.717) is 30.0 Å². The van der Waals surface area contributed by atoms with Gasteiger partial charge in [-0.25, -0.2) is 0 Å². The standard InChI is InChI=1S/C18H23NO5/c1-10-5-15(16(18(21)22)6-11(10)2)17(20)19-12-7-13(23-3)9-14(8-12)24-4/h7-9,15-16H,5-6H2,1-4H3,(H,19,20)(H,21,22)/t15-,16+/m0/s1. The lowest BCUT2D eigenvalue weighted by Gasteiger charge is -2.29. The number of rotatable bonds is 5. The fraction of sp³-hybridized carbons (Fsp3) is 0.444. The Kier molecular flexibility index (Phi) is 5.49. The Hall–Kier alpha value is -2.50. The quantitative estimate of drug-likeness (QED) is 0.809. The Morgan fingerprint density at radius 1 is 1.00 bits per heavy atom. The summed E-state index contributed by atoms with van der Waals surface area (Å²) in [6, 6.07) is 5.05. The second-order valence-corrected chi connectivity index (χ2v) is 6.11. The molecule has 0 bridgehead atoms. The van der Waals surface area contributed by atoms with Crippen molar-refractivity contribution in [1.82, 2.24) is 0 Å². The van der Waals surface area contributed by atoms with E-state index in [2.05, 4.69) is 5.32 Å². The molecule has 0 unspecified atom stereocenters. The van der Waals surface area contributed by atoms with Gasteiger partial charge in [0.2, 0.25) is 5.91 Å². The SMILES string of the molecule is COc1cc(NC(=O)[C@H]2CC(C)=C(C)C[C@H]2C(=O)O)cc(OC)c1. The van der Waals surface area contributed by atoms with Gasteiger partial charge in [-0.15, -0.1) is 0 Å². The lowest BCUT2D eigenvalue weighted by Crippen LogP contribution is -2.36. The van der Waals surface area contributed by atoms with Crippen LogP contribution in [0.2, 0.25) is 0 Å². The van der Waals surface area contributed by atoms with Crippen LogP contribution in [-0.2, 0) is 9.59 Å². The summed E-state index contributed by atoms with van der Waals surface area (Å²) >= 11 is 0. The first kappa shape index (κ1) is 17.8. The first-order valence-corrected chi connectivity index (χ1v) is 7.77. The monoisotopic (exact) mass is 333 g/mol. The van der Waals surface area contributed by atoms with E-state index < -0.39 is 17.8 Å². The van der Waals surface area contributed by atoms with Crippen LogP contribution in [0.3, 0.4) is 0 Å². The number of methoxy groups -OCH3 is 2. The number of anilines is 1. The molecule has 2 N–H and O–H groups in total. The van der Waals surface area contributed by atoms with Crippen molar-refractivity contribution in [2.75, 3.05) is 19.5 Å². The van der Waals surface area contributed by atoms with Crippen LogP contribution in [0.1, 0.15) is 26.7 Å². The molecule has 0 spiro atoms. The van der Waals surface area contributed by atoms with Gasteiger partial charge in [-0.05, 0) is 26.7 Å². The number of benzene rings is 1. The minimum atomic E-state index is -0.940. The molecule has 130 valence electrons. The highest BCUT2D eigenvalue weighted by atomic mass is 16.5. The van der Waals surface area contributed by atoms with Gasteiger partial charge in [0, 0.05) is 23.9 Å².